The highest BCUT2D eigenvalue weighted by molar-refractivity contribution is 4.77. The van der Waals surface area contributed by atoms with E-state index in [1.807, 2.05) is 0 Å². The van der Waals surface area contributed by atoms with Gasteiger partial charge < -0.3 is 9.94 Å². The molecule has 1 rings (SSSR count). The molecular weight excluding hydrogens is 166 g/mol. The summed E-state index contributed by atoms with van der Waals surface area (Å²) < 4.78 is 0. The quantitative estimate of drug-likeness (QED) is 0.655. The molecule has 78 valence electrons. The van der Waals surface area contributed by atoms with Crippen LogP contribution in [0.15, 0.2) is 0 Å². The molecule has 1 fully saturated rings. The highest BCUT2D eigenvalue weighted by Crippen LogP contribution is 2.18. The molecule has 2 atom stereocenters. The van der Waals surface area contributed by atoms with Crippen LogP contribution in [0.1, 0.15) is 39.5 Å². The maximum atomic E-state index is 9.59. The van der Waals surface area contributed by atoms with Crippen LogP contribution < -0.4 is 5.48 Å². The van der Waals surface area contributed by atoms with Crippen molar-refractivity contribution < 1.29 is 9.94 Å². The first-order chi connectivity index (χ1) is 6.20. The van der Waals surface area contributed by atoms with Gasteiger partial charge in [0.15, 0.2) is 0 Å². The van der Waals surface area contributed by atoms with E-state index in [-0.39, 0.29) is 12.1 Å². The molecule has 0 aromatic rings. The molecule has 0 amide bonds. The molecule has 3 heteroatoms. The Labute approximate surface area is 80.4 Å². The lowest BCUT2D eigenvalue weighted by Crippen LogP contribution is -2.42. The summed E-state index contributed by atoms with van der Waals surface area (Å²) in [6, 6.07) is 0.146. The highest BCUT2D eigenvalue weighted by atomic mass is 16.6. The topological polar surface area (TPSA) is 41.5 Å². The van der Waals surface area contributed by atoms with Gasteiger partial charge in [-0.3, -0.25) is 0 Å². The van der Waals surface area contributed by atoms with Gasteiger partial charge in [0.2, 0.25) is 0 Å². The monoisotopic (exact) mass is 187 g/mol. The number of hydroxylamine groups is 1. The van der Waals surface area contributed by atoms with Crippen molar-refractivity contribution in [2.45, 2.75) is 51.7 Å². The summed E-state index contributed by atoms with van der Waals surface area (Å²) >= 11 is 0. The molecule has 1 aliphatic carbocycles. The molecule has 1 saturated carbocycles. The van der Waals surface area contributed by atoms with Crippen molar-refractivity contribution in [1.82, 2.24) is 5.48 Å². The lowest BCUT2D eigenvalue weighted by Gasteiger charge is -2.28. The molecule has 0 spiro atoms. The largest absolute Gasteiger partial charge is 0.391 e. The lowest BCUT2D eigenvalue weighted by atomic mass is 9.93. The van der Waals surface area contributed by atoms with Crippen LogP contribution in [-0.2, 0) is 4.84 Å². The molecule has 0 unspecified atom stereocenters. The average Bonchev–Trinajstić information content (AvgIpc) is 2.08. The van der Waals surface area contributed by atoms with Crippen LogP contribution in [0.4, 0.5) is 0 Å². The molecule has 0 saturated heterocycles. The number of aliphatic hydroxyl groups excluding tert-OH is 1. The van der Waals surface area contributed by atoms with E-state index in [1.54, 1.807) is 0 Å². The van der Waals surface area contributed by atoms with Gasteiger partial charge in [0, 0.05) is 0 Å². The molecular formula is C10H21NO2. The van der Waals surface area contributed by atoms with Gasteiger partial charge in [0.1, 0.15) is 0 Å². The van der Waals surface area contributed by atoms with Crippen LogP contribution in [0.5, 0.6) is 0 Å². The van der Waals surface area contributed by atoms with Crippen molar-refractivity contribution in [3.63, 3.8) is 0 Å². The van der Waals surface area contributed by atoms with Crippen LogP contribution in [0.25, 0.3) is 0 Å². The van der Waals surface area contributed by atoms with E-state index in [9.17, 15) is 5.11 Å². The van der Waals surface area contributed by atoms with Crippen LogP contribution in [0.3, 0.4) is 0 Å². The van der Waals surface area contributed by atoms with Crippen molar-refractivity contribution in [3.05, 3.63) is 0 Å². The average molecular weight is 187 g/mol. The van der Waals surface area contributed by atoms with Crippen molar-refractivity contribution in [1.29, 1.82) is 0 Å². The molecule has 0 radical (unpaired) electrons. The predicted molar refractivity (Wildman–Crippen MR) is 52.2 cm³/mol. The first kappa shape index (κ1) is 11.0. The van der Waals surface area contributed by atoms with Gasteiger partial charge in [0.25, 0.3) is 0 Å². The van der Waals surface area contributed by atoms with Crippen LogP contribution in [-0.4, -0.2) is 23.9 Å². The van der Waals surface area contributed by atoms with E-state index in [4.69, 9.17) is 4.84 Å². The Hall–Kier alpha value is -0.120. The number of rotatable bonds is 4. The zero-order chi connectivity index (χ0) is 9.68. The Morgan fingerprint density at radius 3 is 2.69 bits per heavy atom. The van der Waals surface area contributed by atoms with Crippen molar-refractivity contribution in [3.8, 4) is 0 Å². The summed E-state index contributed by atoms with van der Waals surface area (Å²) in [7, 11) is 0. The molecule has 2 N–H and O–H groups in total. The second-order valence-corrected chi connectivity index (χ2v) is 4.28. The molecule has 0 heterocycles. The second kappa shape index (κ2) is 5.58. The third kappa shape index (κ3) is 4.07. The molecule has 0 aromatic carbocycles. The SMILES string of the molecule is CC(C)CON[C@H]1CCCC[C@@H]1O. The van der Waals surface area contributed by atoms with Crippen molar-refractivity contribution in [2.75, 3.05) is 6.61 Å². The van der Waals surface area contributed by atoms with E-state index in [0.29, 0.717) is 12.5 Å². The zero-order valence-corrected chi connectivity index (χ0v) is 8.62. The Morgan fingerprint density at radius 1 is 1.38 bits per heavy atom. The first-order valence-electron chi connectivity index (χ1n) is 5.25. The molecule has 13 heavy (non-hydrogen) atoms. The van der Waals surface area contributed by atoms with E-state index in [2.05, 4.69) is 19.3 Å². The number of hydrogen-bond acceptors (Lipinski definition) is 3. The number of hydrogen-bond donors (Lipinski definition) is 2. The minimum absolute atomic E-state index is 0.146. The Kier molecular flexibility index (Phi) is 4.70. The van der Waals surface area contributed by atoms with Crippen LogP contribution >= 0.6 is 0 Å². The summed E-state index contributed by atoms with van der Waals surface area (Å²) in [5.74, 6) is 0.535. The van der Waals surface area contributed by atoms with Gasteiger partial charge in [-0.25, -0.2) is 0 Å². The maximum absolute atomic E-state index is 9.59. The predicted octanol–water partition coefficient (Wildman–Crippen LogP) is 1.47. The standard InChI is InChI=1S/C10H21NO2/c1-8(2)7-13-11-9-5-3-4-6-10(9)12/h8-12H,3-7H2,1-2H3/t9-,10-/m0/s1. The Morgan fingerprint density at radius 2 is 2.08 bits per heavy atom. The Balaban J connectivity index is 2.11. The van der Waals surface area contributed by atoms with Crippen molar-refractivity contribution >= 4 is 0 Å². The number of nitrogens with one attached hydrogen (secondary N) is 1. The van der Waals surface area contributed by atoms with E-state index in [0.717, 1.165) is 19.3 Å². The van der Waals surface area contributed by atoms with Gasteiger partial charge in [-0.15, -0.1) is 0 Å². The highest BCUT2D eigenvalue weighted by Gasteiger charge is 2.22. The van der Waals surface area contributed by atoms with E-state index in [1.165, 1.54) is 6.42 Å². The minimum atomic E-state index is -0.221. The number of aliphatic hydroxyl groups is 1. The summed E-state index contributed by atoms with van der Waals surface area (Å²) in [6.45, 7) is 4.93. The van der Waals surface area contributed by atoms with Crippen molar-refractivity contribution in [2.24, 2.45) is 5.92 Å². The molecule has 0 aromatic heterocycles. The summed E-state index contributed by atoms with van der Waals surface area (Å²) in [4.78, 5) is 5.29. The summed E-state index contributed by atoms with van der Waals surface area (Å²) in [6.07, 6.45) is 4.05. The summed E-state index contributed by atoms with van der Waals surface area (Å²) in [5, 5.41) is 9.59. The minimum Gasteiger partial charge on any atom is -0.391 e. The third-order valence-corrected chi connectivity index (χ3v) is 2.38. The molecule has 1 aliphatic rings. The van der Waals surface area contributed by atoms with Gasteiger partial charge in [-0.05, 0) is 18.8 Å². The van der Waals surface area contributed by atoms with Gasteiger partial charge in [0.05, 0.1) is 18.8 Å². The smallest absolute Gasteiger partial charge is 0.0716 e. The molecule has 0 bridgehead atoms. The fourth-order valence-electron chi connectivity index (χ4n) is 1.57. The Bertz CT molecular complexity index is 139. The molecule has 0 aliphatic heterocycles. The van der Waals surface area contributed by atoms with Gasteiger partial charge >= 0.3 is 0 Å². The van der Waals surface area contributed by atoms with Crippen LogP contribution in [0.2, 0.25) is 0 Å². The zero-order valence-electron chi connectivity index (χ0n) is 8.62. The van der Waals surface area contributed by atoms with Gasteiger partial charge in [-0.1, -0.05) is 26.7 Å². The normalized spacial score (nSPS) is 29.5. The lowest BCUT2D eigenvalue weighted by molar-refractivity contribution is -0.0449. The third-order valence-electron chi connectivity index (χ3n) is 2.38. The molecule has 3 nitrogen and oxygen atoms in total. The maximum Gasteiger partial charge on any atom is 0.0716 e. The van der Waals surface area contributed by atoms with Crippen LogP contribution in [0, 0.1) is 5.92 Å². The van der Waals surface area contributed by atoms with E-state index >= 15 is 0 Å². The first-order valence-corrected chi connectivity index (χ1v) is 5.25. The fraction of sp³-hybridized carbons (Fsp3) is 1.00. The second-order valence-electron chi connectivity index (χ2n) is 4.28. The fourth-order valence-corrected chi connectivity index (χ4v) is 1.57. The van der Waals surface area contributed by atoms with E-state index < -0.39 is 0 Å². The van der Waals surface area contributed by atoms with Gasteiger partial charge in [-0.2, -0.15) is 5.48 Å². The summed E-state index contributed by atoms with van der Waals surface area (Å²) in [5.41, 5.74) is 2.95.